The second kappa shape index (κ2) is 11.1. The van der Waals surface area contributed by atoms with Gasteiger partial charge in [0.2, 0.25) is 5.01 Å². The van der Waals surface area contributed by atoms with Gasteiger partial charge in [-0.1, -0.05) is 25.2 Å². The first-order valence-corrected chi connectivity index (χ1v) is 14.0. The van der Waals surface area contributed by atoms with Crippen LogP contribution in [0.4, 0.5) is 31.0 Å². The standard InChI is InChI=1S/C22H30F2N6O4S2/c1-6-10-34-20(31)19-26-28-21(35-19)27-25-16-11-14-8-9-15(7-2)30(13(3)4)18(14)12-17(16)29-36(32,33)22(5,23)24/h11-13,15,29H,6-10H2,1-5H3. The highest BCUT2D eigenvalue weighted by atomic mass is 32.2. The molecule has 1 aliphatic heterocycles. The van der Waals surface area contributed by atoms with Crippen molar-refractivity contribution >= 4 is 49.5 Å². The maximum atomic E-state index is 13.8. The van der Waals surface area contributed by atoms with E-state index >= 15 is 0 Å². The summed E-state index contributed by atoms with van der Waals surface area (Å²) in [5, 5.41) is 11.6. The molecule has 1 aliphatic rings. The van der Waals surface area contributed by atoms with Crippen LogP contribution in [0.3, 0.4) is 0 Å². The minimum absolute atomic E-state index is 0.00688. The number of hydrogen-bond donors (Lipinski definition) is 1. The van der Waals surface area contributed by atoms with Crippen molar-refractivity contribution < 1.29 is 26.7 Å². The zero-order valence-corrected chi connectivity index (χ0v) is 22.4. The third kappa shape index (κ3) is 6.14. The predicted octanol–water partition coefficient (Wildman–Crippen LogP) is 5.81. The first kappa shape index (κ1) is 27.8. The van der Waals surface area contributed by atoms with Gasteiger partial charge < -0.3 is 9.64 Å². The van der Waals surface area contributed by atoms with E-state index in [0.717, 1.165) is 35.4 Å². The van der Waals surface area contributed by atoms with Gasteiger partial charge in [-0.2, -0.15) is 8.78 Å². The van der Waals surface area contributed by atoms with Crippen LogP contribution in [0, 0.1) is 0 Å². The molecule has 0 fully saturated rings. The summed E-state index contributed by atoms with van der Waals surface area (Å²) in [7, 11) is -5.05. The van der Waals surface area contributed by atoms with Crippen LogP contribution in [0.2, 0.25) is 0 Å². The molecule has 0 bridgehead atoms. The van der Waals surface area contributed by atoms with E-state index in [4.69, 9.17) is 4.74 Å². The summed E-state index contributed by atoms with van der Waals surface area (Å²) in [5.41, 5.74) is 1.57. The number of fused-ring (bicyclic) bond motifs is 1. The number of halogens is 2. The largest absolute Gasteiger partial charge is 0.460 e. The number of alkyl halides is 2. The Labute approximate surface area is 213 Å². The van der Waals surface area contributed by atoms with Crippen molar-refractivity contribution in [1.29, 1.82) is 0 Å². The Morgan fingerprint density at radius 1 is 1.31 bits per heavy atom. The molecule has 0 saturated heterocycles. The summed E-state index contributed by atoms with van der Waals surface area (Å²) in [4.78, 5) is 14.1. The molecule has 1 aromatic carbocycles. The molecule has 36 heavy (non-hydrogen) atoms. The quantitative estimate of drug-likeness (QED) is 0.295. The Hall–Kier alpha value is -2.74. The molecule has 2 aromatic rings. The van der Waals surface area contributed by atoms with E-state index in [0.29, 0.717) is 19.8 Å². The van der Waals surface area contributed by atoms with Crippen LogP contribution in [-0.2, 0) is 21.2 Å². The first-order chi connectivity index (χ1) is 16.9. The lowest BCUT2D eigenvalue weighted by atomic mass is 9.92. The average Bonchev–Trinajstić information content (AvgIpc) is 3.28. The van der Waals surface area contributed by atoms with Crippen LogP contribution in [-0.4, -0.2) is 48.5 Å². The number of aromatic nitrogens is 2. The molecular formula is C22H30F2N6O4S2. The molecular weight excluding hydrogens is 514 g/mol. The molecule has 1 atom stereocenters. The molecule has 3 rings (SSSR count). The number of esters is 1. The highest BCUT2D eigenvalue weighted by molar-refractivity contribution is 7.93. The minimum Gasteiger partial charge on any atom is -0.460 e. The van der Waals surface area contributed by atoms with Gasteiger partial charge >= 0.3 is 11.2 Å². The van der Waals surface area contributed by atoms with Crippen molar-refractivity contribution in [2.24, 2.45) is 10.2 Å². The predicted molar refractivity (Wildman–Crippen MR) is 134 cm³/mol. The summed E-state index contributed by atoms with van der Waals surface area (Å²) >= 11 is 0.846. The van der Waals surface area contributed by atoms with Crippen LogP contribution in [0.15, 0.2) is 22.4 Å². The monoisotopic (exact) mass is 544 g/mol. The summed E-state index contributed by atoms with van der Waals surface area (Å²) in [6.45, 7) is 8.52. The third-order valence-electron chi connectivity index (χ3n) is 5.63. The number of rotatable bonds is 10. The SMILES string of the molecule is CCCOC(=O)c1nnc(N=Nc2cc3c(cc2NS(=O)(=O)C(C)(F)F)N(C(C)C)C(CC)CC3)s1. The summed E-state index contributed by atoms with van der Waals surface area (Å²) < 4.78 is 59.2. The fraction of sp³-hybridized carbons (Fsp3) is 0.591. The Balaban J connectivity index is 2.03. The highest BCUT2D eigenvalue weighted by Gasteiger charge is 2.40. The van der Waals surface area contributed by atoms with E-state index in [-0.39, 0.29) is 40.2 Å². The number of azo groups is 1. The fourth-order valence-electron chi connectivity index (χ4n) is 3.91. The lowest BCUT2D eigenvalue weighted by Gasteiger charge is -2.42. The van der Waals surface area contributed by atoms with Gasteiger partial charge in [0.25, 0.3) is 15.2 Å². The van der Waals surface area contributed by atoms with Crippen LogP contribution < -0.4 is 9.62 Å². The molecule has 0 radical (unpaired) electrons. The maximum Gasteiger partial charge on any atom is 0.369 e. The molecule has 1 unspecified atom stereocenters. The zero-order chi connectivity index (χ0) is 26.7. The van der Waals surface area contributed by atoms with Gasteiger partial charge in [0.15, 0.2) is 0 Å². The van der Waals surface area contributed by atoms with Gasteiger partial charge in [0.1, 0.15) is 5.69 Å². The molecule has 0 aliphatic carbocycles. The Kier molecular flexibility index (Phi) is 8.59. The molecule has 1 N–H and O–H groups in total. The van der Waals surface area contributed by atoms with Crippen molar-refractivity contribution in [2.75, 3.05) is 16.2 Å². The van der Waals surface area contributed by atoms with E-state index < -0.39 is 21.2 Å². The van der Waals surface area contributed by atoms with Crippen molar-refractivity contribution in [3.8, 4) is 0 Å². The fourth-order valence-corrected chi connectivity index (χ4v) is 5.10. The number of nitrogens with one attached hydrogen (secondary N) is 1. The first-order valence-electron chi connectivity index (χ1n) is 11.7. The van der Waals surface area contributed by atoms with Gasteiger partial charge in [-0.3, -0.25) is 4.72 Å². The Bertz CT molecular complexity index is 1230. The van der Waals surface area contributed by atoms with Crippen molar-refractivity contribution in [3.63, 3.8) is 0 Å². The second-order valence-electron chi connectivity index (χ2n) is 8.74. The smallest absolute Gasteiger partial charge is 0.369 e. The number of aryl methyl sites for hydroxylation is 1. The normalized spacial score (nSPS) is 16.4. The van der Waals surface area contributed by atoms with Gasteiger partial charge in [0.05, 0.1) is 12.3 Å². The van der Waals surface area contributed by atoms with E-state index in [1.165, 1.54) is 6.07 Å². The average molecular weight is 545 g/mol. The molecule has 10 nitrogen and oxygen atoms in total. The molecule has 2 heterocycles. The number of benzene rings is 1. The van der Waals surface area contributed by atoms with Gasteiger partial charge in [-0.25, -0.2) is 13.2 Å². The highest BCUT2D eigenvalue weighted by Crippen LogP contribution is 2.42. The molecule has 0 saturated carbocycles. The van der Waals surface area contributed by atoms with Gasteiger partial charge in [-0.05, 0) is 57.2 Å². The lowest BCUT2D eigenvalue weighted by Crippen LogP contribution is -2.43. The molecule has 0 spiro atoms. The van der Waals surface area contributed by atoms with Crippen LogP contribution in [0.5, 0.6) is 0 Å². The van der Waals surface area contributed by atoms with Crippen molar-refractivity contribution in [1.82, 2.24) is 10.2 Å². The Morgan fingerprint density at radius 2 is 2.03 bits per heavy atom. The van der Waals surface area contributed by atoms with Crippen molar-refractivity contribution in [3.05, 3.63) is 22.7 Å². The maximum absolute atomic E-state index is 13.8. The van der Waals surface area contributed by atoms with Crippen LogP contribution >= 0.6 is 11.3 Å². The number of carbonyl (C=O) groups excluding carboxylic acids is 1. The lowest BCUT2D eigenvalue weighted by molar-refractivity contribution is 0.0503. The van der Waals surface area contributed by atoms with E-state index in [9.17, 15) is 22.0 Å². The number of sulfonamides is 1. The van der Waals surface area contributed by atoms with Crippen LogP contribution in [0.1, 0.15) is 69.2 Å². The zero-order valence-electron chi connectivity index (χ0n) is 20.8. The molecule has 1 aromatic heterocycles. The van der Waals surface area contributed by atoms with Gasteiger partial charge in [-0.15, -0.1) is 20.4 Å². The molecule has 0 amide bonds. The Morgan fingerprint density at radius 3 is 2.64 bits per heavy atom. The molecule has 14 heteroatoms. The number of nitrogens with zero attached hydrogens (tertiary/aromatic N) is 5. The van der Waals surface area contributed by atoms with E-state index in [2.05, 4.69) is 32.2 Å². The molecule has 198 valence electrons. The third-order valence-corrected chi connectivity index (χ3v) is 7.85. The van der Waals surface area contributed by atoms with Crippen molar-refractivity contribution in [2.45, 2.75) is 77.6 Å². The van der Waals surface area contributed by atoms with E-state index in [1.54, 1.807) is 6.07 Å². The summed E-state index contributed by atoms with van der Waals surface area (Å²) in [6, 6.07) is 3.51. The van der Waals surface area contributed by atoms with Crippen LogP contribution in [0.25, 0.3) is 0 Å². The number of carbonyl (C=O) groups is 1. The van der Waals surface area contributed by atoms with Gasteiger partial charge in [0, 0.05) is 24.7 Å². The van der Waals surface area contributed by atoms with E-state index in [1.807, 2.05) is 25.5 Å². The minimum atomic E-state index is -5.05. The summed E-state index contributed by atoms with van der Waals surface area (Å²) in [5.74, 6) is -0.637. The topological polar surface area (TPSA) is 126 Å². The second-order valence-corrected chi connectivity index (χ2v) is 11.6. The number of hydrogen-bond acceptors (Lipinski definition) is 10. The number of anilines is 2. The number of ether oxygens (including phenoxy) is 1. The summed E-state index contributed by atoms with van der Waals surface area (Å²) in [6.07, 6.45) is 3.13.